The van der Waals surface area contributed by atoms with Gasteiger partial charge < -0.3 is 15.4 Å². The molecular formula is C16H22Br2N2O2. The minimum Gasteiger partial charge on any atom is -0.444 e. The monoisotopic (exact) mass is 432 g/mol. The van der Waals surface area contributed by atoms with Gasteiger partial charge in [-0.1, -0.05) is 37.9 Å². The molecule has 1 saturated carbocycles. The van der Waals surface area contributed by atoms with E-state index in [4.69, 9.17) is 4.74 Å². The van der Waals surface area contributed by atoms with Crippen LogP contribution in [0.4, 0.5) is 4.79 Å². The summed E-state index contributed by atoms with van der Waals surface area (Å²) >= 11 is 7.04. The second-order valence-corrected chi connectivity index (χ2v) is 8.42. The van der Waals surface area contributed by atoms with Gasteiger partial charge in [-0.3, -0.25) is 0 Å². The molecule has 0 heterocycles. The first kappa shape index (κ1) is 17.8. The van der Waals surface area contributed by atoms with Gasteiger partial charge in [-0.15, -0.1) is 0 Å². The average Bonchev–Trinajstić information content (AvgIpc) is 3.03. The van der Waals surface area contributed by atoms with E-state index in [0.29, 0.717) is 0 Å². The Labute approximate surface area is 148 Å². The third-order valence-electron chi connectivity index (χ3n) is 3.39. The molecule has 2 N–H and O–H groups in total. The van der Waals surface area contributed by atoms with Crippen LogP contribution in [0.1, 0.15) is 45.7 Å². The molecule has 1 aromatic rings. The molecule has 2 rings (SSSR count). The van der Waals surface area contributed by atoms with Gasteiger partial charge in [0.1, 0.15) is 5.60 Å². The lowest BCUT2D eigenvalue weighted by molar-refractivity contribution is 0.0522. The molecule has 3 atom stereocenters. The Hall–Kier alpha value is -0.590. The Morgan fingerprint density at radius 1 is 1.32 bits per heavy atom. The predicted molar refractivity (Wildman–Crippen MR) is 95.0 cm³/mol. The van der Waals surface area contributed by atoms with E-state index in [1.54, 1.807) is 0 Å². The highest BCUT2D eigenvalue weighted by Crippen LogP contribution is 2.30. The summed E-state index contributed by atoms with van der Waals surface area (Å²) in [5, 5.41) is 6.43. The second kappa shape index (κ2) is 6.89. The number of carbonyl (C=O) groups excluding carboxylic acids is 1. The third kappa shape index (κ3) is 5.25. The van der Waals surface area contributed by atoms with Crippen molar-refractivity contribution in [2.75, 3.05) is 0 Å². The van der Waals surface area contributed by atoms with Crippen molar-refractivity contribution in [1.82, 2.24) is 10.6 Å². The lowest BCUT2D eigenvalue weighted by atomic mass is 10.1. The van der Waals surface area contributed by atoms with Crippen molar-refractivity contribution in [3.05, 3.63) is 32.7 Å². The Morgan fingerprint density at radius 2 is 2.00 bits per heavy atom. The first-order valence-corrected chi connectivity index (χ1v) is 8.95. The number of hydrogen-bond donors (Lipinski definition) is 2. The number of rotatable bonds is 4. The largest absolute Gasteiger partial charge is 0.444 e. The molecule has 6 heteroatoms. The zero-order valence-corrected chi connectivity index (χ0v) is 16.4. The molecule has 0 bridgehead atoms. The van der Waals surface area contributed by atoms with Crippen LogP contribution in [-0.4, -0.2) is 23.8 Å². The standard InChI is InChI=1S/C16H22Br2N2O2/c1-9(11-6-5-10(17)7-12(11)18)19-13-8-14(13)20-15(21)22-16(2,3)4/h5-7,9,13-14,19H,8H2,1-4H3,(H,20,21). The van der Waals surface area contributed by atoms with E-state index in [1.165, 1.54) is 5.56 Å². The molecule has 0 radical (unpaired) electrons. The summed E-state index contributed by atoms with van der Waals surface area (Å²) in [6.07, 6.45) is 0.580. The SMILES string of the molecule is CC(NC1CC1NC(=O)OC(C)(C)C)c1ccc(Br)cc1Br. The minimum atomic E-state index is -0.461. The summed E-state index contributed by atoms with van der Waals surface area (Å²) < 4.78 is 7.38. The van der Waals surface area contributed by atoms with Crippen LogP contribution in [0.25, 0.3) is 0 Å². The predicted octanol–water partition coefficient (Wildman–Crippen LogP) is 4.53. The lowest BCUT2D eigenvalue weighted by Crippen LogP contribution is -2.37. The van der Waals surface area contributed by atoms with Crippen molar-refractivity contribution < 1.29 is 9.53 Å². The minimum absolute atomic E-state index is 0.145. The summed E-state index contributed by atoms with van der Waals surface area (Å²) in [5.74, 6) is 0. The summed E-state index contributed by atoms with van der Waals surface area (Å²) in [6, 6.07) is 6.80. The number of amides is 1. The summed E-state index contributed by atoms with van der Waals surface area (Å²) in [5.41, 5.74) is 0.739. The first-order valence-electron chi connectivity index (χ1n) is 7.36. The molecule has 1 amide bonds. The number of halogens is 2. The highest BCUT2D eigenvalue weighted by molar-refractivity contribution is 9.11. The van der Waals surface area contributed by atoms with Crippen molar-refractivity contribution in [2.45, 2.75) is 57.8 Å². The topological polar surface area (TPSA) is 50.4 Å². The number of carbonyl (C=O) groups is 1. The molecule has 22 heavy (non-hydrogen) atoms. The highest BCUT2D eigenvalue weighted by Gasteiger charge is 2.40. The van der Waals surface area contributed by atoms with E-state index in [0.717, 1.165) is 15.4 Å². The van der Waals surface area contributed by atoms with Crippen LogP contribution >= 0.6 is 31.9 Å². The van der Waals surface area contributed by atoms with Gasteiger partial charge in [0.15, 0.2) is 0 Å². The van der Waals surface area contributed by atoms with Gasteiger partial charge in [0.2, 0.25) is 0 Å². The molecule has 0 aliphatic heterocycles. The fourth-order valence-electron chi connectivity index (χ4n) is 2.26. The number of benzene rings is 1. The zero-order chi connectivity index (χ0) is 16.5. The smallest absolute Gasteiger partial charge is 0.407 e. The van der Waals surface area contributed by atoms with Crippen molar-refractivity contribution in [2.24, 2.45) is 0 Å². The molecule has 1 aliphatic carbocycles. The molecule has 4 nitrogen and oxygen atoms in total. The summed E-state index contributed by atoms with van der Waals surface area (Å²) in [7, 11) is 0. The van der Waals surface area contributed by atoms with E-state index >= 15 is 0 Å². The summed E-state index contributed by atoms with van der Waals surface area (Å²) in [4.78, 5) is 11.7. The second-order valence-electron chi connectivity index (χ2n) is 6.65. The highest BCUT2D eigenvalue weighted by atomic mass is 79.9. The van der Waals surface area contributed by atoms with Crippen molar-refractivity contribution in [3.63, 3.8) is 0 Å². The molecule has 3 unspecified atom stereocenters. The van der Waals surface area contributed by atoms with Crippen molar-refractivity contribution in [3.8, 4) is 0 Å². The molecule has 0 saturated heterocycles. The van der Waals surface area contributed by atoms with Crippen LogP contribution in [0.5, 0.6) is 0 Å². The fraction of sp³-hybridized carbons (Fsp3) is 0.562. The molecule has 0 aromatic heterocycles. The molecule has 1 aromatic carbocycles. The third-order valence-corrected chi connectivity index (χ3v) is 4.57. The Balaban J connectivity index is 1.82. The fourth-order valence-corrected chi connectivity index (χ4v) is 3.65. The maximum Gasteiger partial charge on any atom is 0.407 e. The van der Waals surface area contributed by atoms with Gasteiger partial charge in [0.05, 0.1) is 0 Å². The zero-order valence-electron chi connectivity index (χ0n) is 13.2. The Bertz CT molecular complexity index is 558. The van der Waals surface area contributed by atoms with Crippen LogP contribution in [-0.2, 0) is 4.74 Å². The summed E-state index contributed by atoms with van der Waals surface area (Å²) in [6.45, 7) is 7.71. The molecule has 0 spiro atoms. The van der Waals surface area contributed by atoms with Gasteiger partial charge in [-0.05, 0) is 51.8 Å². The quantitative estimate of drug-likeness (QED) is 0.733. The van der Waals surface area contributed by atoms with Gasteiger partial charge in [-0.2, -0.15) is 0 Å². The van der Waals surface area contributed by atoms with Gasteiger partial charge in [0, 0.05) is 27.1 Å². The van der Waals surface area contributed by atoms with Gasteiger partial charge >= 0.3 is 6.09 Å². The first-order chi connectivity index (χ1) is 10.2. The Kier molecular flexibility index (Phi) is 5.56. The van der Waals surface area contributed by atoms with E-state index in [2.05, 4.69) is 55.5 Å². The number of ether oxygens (including phenoxy) is 1. The van der Waals surface area contributed by atoms with E-state index < -0.39 is 5.60 Å². The number of nitrogens with one attached hydrogen (secondary N) is 2. The van der Waals surface area contributed by atoms with Crippen LogP contribution < -0.4 is 10.6 Å². The average molecular weight is 434 g/mol. The van der Waals surface area contributed by atoms with Crippen LogP contribution in [0.3, 0.4) is 0 Å². The van der Waals surface area contributed by atoms with Crippen LogP contribution in [0, 0.1) is 0 Å². The normalized spacial score (nSPS) is 22.1. The van der Waals surface area contributed by atoms with Gasteiger partial charge in [0.25, 0.3) is 0 Å². The molecule has 1 aliphatic rings. The number of alkyl carbamates (subject to hydrolysis) is 1. The van der Waals surface area contributed by atoms with Crippen LogP contribution in [0.2, 0.25) is 0 Å². The van der Waals surface area contributed by atoms with Crippen molar-refractivity contribution >= 4 is 38.0 Å². The molecule has 122 valence electrons. The molecule has 1 fully saturated rings. The maximum atomic E-state index is 11.7. The molecular weight excluding hydrogens is 412 g/mol. The van der Waals surface area contributed by atoms with E-state index in [1.807, 2.05) is 32.9 Å². The lowest BCUT2D eigenvalue weighted by Gasteiger charge is -2.20. The number of hydrogen-bond acceptors (Lipinski definition) is 3. The van der Waals surface area contributed by atoms with Gasteiger partial charge in [-0.25, -0.2) is 4.79 Å². The Morgan fingerprint density at radius 3 is 2.59 bits per heavy atom. The van der Waals surface area contributed by atoms with Crippen LogP contribution in [0.15, 0.2) is 27.1 Å². The van der Waals surface area contributed by atoms with E-state index in [9.17, 15) is 4.79 Å². The van der Waals surface area contributed by atoms with E-state index in [-0.39, 0.29) is 24.2 Å². The van der Waals surface area contributed by atoms with Crippen molar-refractivity contribution in [1.29, 1.82) is 0 Å². The maximum absolute atomic E-state index is 11.7.